The van der Waals surface area contributed by atoms with Gasteiger partial charge in [0.2, 0.25) is 0 Å². The molecule has 6 nitrogen and oxygen atoms in total. The number of para-hydroxylation sites is 1. The second-order valence-corrected chi connectivity index (χ2v) is 6.26. The molecular weight excluding hydrogens is 302 g/mol. The number of pyridine rings is 1. The summed E-state index contributed by atoms with van der Waals surface area (Å²) in [5.41, 5.74) is 1.38. The van der Waals surface area contributed by atoms with Gasteiger partial charge >= 0.3 is 0 Å². The first-order valence-electron chi connectivity index (χ1n) is 8.21. The van der Waals surface area contributed by atoms with Crippen LogP contribution in [0.4, 0.5) is 0 Å². The van der Waals surface area contributed by atoms with Crippen LogP contribution in [0.25, 0.3) is 10.9 Å². The predicted octanol–water partition coefficient (Wildman–Crippen LogP) is 2.38. The van der Waals surface area contributed by atoms with E-state index in [0.29, 0.717) is 11.6 Å². The number of carbonyl (C=O) groups is 1. The Morgan fingerprint density at radius 3 is 2.67 bits per heavy atom. The third kappa shape index (κ3) is 2.64. The number of piperidine rings is 1. The summed E-state index contributed by atoms with van der Waals surface area (Å²) in [4.78, 5) is 19.1. The van der Waals surface area contributed by atoms with Crippen LogP contribution in [0, 0.1) is 0 Å². The Morgan fingerprint density at radius 2 is 1.92 bits per heavy atom. The minimum Gasteiger partial charge on any atom is -0.337 e. The summed E-state index contributed by atoms with van der Waals surface area (Å²) in [5, 5.41) is 9.20. The Morgan fingerprint density at radius 1 is 1.12 bits per heavy atom. The SMILES string of the molecule is Cn1cnnc1C1CCN(C(=O)c2ccc3ccccc3n2)CC1. The van der Waals surface area contributed by atoms with Crippen molar-refractivity contribution < 1.29 is 4.79 Å². The van der Waals surface area contributed by atoms with Crippen molar-refractivity contribution >= 4 is 16.8 Å². The van der Waals surface area contributed by atoms with Gasteiger partial charge in [0.1, 0.15) is 17.8 Å². The molecule has 0 radical (unpaired) electrons. The molecule has 1 aromatic carbocycles. The Bertz CT molecular complexity index is 880. The number of amides is 1. The zero-order valence-electron chi connectivity index (χ0n) is 13.6. The lowest BCUT2D eigenvalue weighted by Gasteiger charge is -2.31. The van der Waals surface area contributed by atoms with Gasteiger partial charge in [-0.1, -0.05) is 24.3 Å². The van der Waals surface area contributed by atoms with Crippen molar-refractivity contribution in [3.8, 4) is 0 Å². The number of nitrogens with zero attached hydrogens (tertiary/aromatic N) is 5. The molecule has 0 bridgehead atoms. The molecule has 0 saturated carbocycles. The van der Waals surface area contributed by atoms with E-state index >= 15 is 0 Å². The van der Waals surface area contributed by atoms with E-state index in [4.69, 9.17) is 0 Å². The maximum atomic E-state index is 12.7. The number of rotatable bonds is 2. The average molecular weight is 321 g/mol. The molecule has 1 amide bonds. The highest BCUT2D eigenvalue weighted by molar-refractivity contribution is 5.95. The topological polar surface area (TPSA) is 63.9 Å². The molecule has 122 valence electrons. The van der Waals surface area contributed by atoms with Crippen molar-refractivity contribution in [2.24, 2.45) is 7.05 Å². The Labute approximate surface area is 140 Å². The normalized spacial score (nSPS) is 15.8. The lowest BCUT2D eigenvalue weighted by Crippen LogP contribution is -2.38. The minimum absolute atomic E-state index is 0.0113. The minimum atomic E-state index is 0.0113. The highest BCUT2D eigenvalue weighted by Crippen LogP contribution is 2.26. The maximum absolute atomic E-state index is 12.7. The molecule has 3 heterocycles. The van der Waals surface area contributed by atoms with E-state index in [-0.39, 0.29) is 5.91 Å². The quantitative estimate of drug-likeness (QED) is 0.727. The van der Waals surface area contributed by atoms with Crippen molar-refractivity contribution in [1.29, 1.82) is 0 Å². The summed E-state index contributed by atoms with van der Waals surface area (Å²) in [7, 11) is 1.96. The fourth-order valence-corrected chi connectivity index (χ4v) is 3.35. The highest BCUT2D eigenvalue weighted by atomic mass is 16.2. The van der Waals surface area contributed by atoms with Gasteiger partial charge in [-0.15, -0.1) is 10.2 Å². The smallest absolute Gasteiger partial charge is 0.272 e. The van der Waals surface area contributed by atoms with E-state index in [1.807, 2.05) is 52.9 Å². The number of hydrogen-bond acceptors (Lipinski definition) is 4. The van der Waals surface area contributed by atoms with Crippen molar-refractivity contribution in [2.45, 2.75) is 18.8 Å². The van der Waals surface area contributed by atoms with Crippen LogP contribution >= 0.6 is 0 Å². The van der Waals surface area contributed by atoms with Gasteiger partial charge < -0.3 is 9.47 Å². The number of aryl methyl sites for hydroxylation is 1. The number of fused-ring (bicyclic) bond motifs is 1. The van der Waals surface area contributed by atoms with Crippen LogP contribution in [0.15, 0.2) is 42.7 Å². The fraction of sp³-hybridized carbons (Fsp3) is 0.333. The zero-order chi connectivity index (χ0) is 16.5. The van der Waals surface area contributed by atoms with Crippen LogP contribution in [-0.4, -0.2) is 43.6 Å². The third-order valence-corrected chi connectivity index (χ3v) is 4.71. The van der Waals surface area contributed by atoms with Crippen LogP contribution in [0.3, 0.4) is 0 Å². The van der Waals surface area contributed by atoms with E-state index in [2.05, 4.69) is 15.2 Å². The summed E-state index contributed by atoms with van der Waals surface area (Å²) < 4.78 is 1.97. The van der Waals surface area contributed by atoms with Crippen LogP contribution < -0.4 is 0 Å². The predicted molar refractivity (Wildman–Crippen MR) is 90.6 cm³/mol. The van der Waals surface area contributed by atoms with E-state index in [1.54, 1.807) is 6.33 Å². The third-order valence-electron chi connectivity index (χ3n) is 4.71. The van der Waals surface area contributed by atoms with Gasteiger partial charge in [0.25, 0.3) is 5.91 Å². The second kappa shape index (κ2) is 6.03. The largest absolute Gasteiger partial charge is 0.337 e. The molecule has 0 unspecified atom stereocenters. The van der Waals surface area contributed by atoms with Crippen molar-refractivity contribution in [3.05, 3.63) is 54.2 Å². The maximum Gasteiger partial charge on any atom is 0.272 e. The molecule has 1 fully saturated rings. The second-order valence-electron chi connectivity index (χ2n) is 6.26. The van der Waals surface area contributed by atoms with Crippen LogP contribution in [0.5, 0.6) is 0 Å². The van der Waals surface area contributed by atoms with Crippen molar-refractivity contribution in [3.63, 3.8) is 0 Å². The van der Waals surface area contributed by atoms with Gasteiger partial charge in [-0.05, 0) is 25.0 Å². The van der Waals surface area contributed by atoms with Gasteiger partial charge in [-0.2, -0.15) is 0 Å². The van der Waals surface area contributed by atoms with Gasteiger partial charge in [0.05, 0.1) is 5.52 Å². The van der Waals surface area contributed by atoms with Crippen LogP contribution in [-0.2, 0) is 7.05 Å². The molecular formula is C18H19N5O. The summed E-state index contributed by atoms with van der Waals surface area (Å²) in [6.07, 6.45) is 3.55. The lowest BCUT2D eigenvalue weighted by atomic mass is 9.95. The number of likely N-dealkylation sites (tertiary alicyclic amines) is 1. The van der Waals surface area contributed by atoms with Gasteiger partial charge in [0.15, 0.2) is 0 Å². The first kappa shape index (κ1) is 14.8. The first-order valence-corrected chi connectivity index (χ1v) is 8.21. The molecule has 4 rings (SSSR count). The average Bonchev–Trinajstić information content (AvgIpc) is 3.07. The summed E-state index contributed by atoms with van der Waals surface area (Å²) in [6.45, 7) is 1.45. The molecule has 1 saturated heterocycles. The Kier molecular flexibility index (Phi) is 3.72. The standard InChI is InChI=1S/C18H19N5O/c1-22-12-19-21-17(22)14-8-10-23(11-9-14)18(24)16-7-6-13-4-2-3-5-15(13)20-16/h2-7,12,14H,8-11H2,1H3. The zero-order valence-corrected chi connectivity index (χ0v) is 13.6. The Balaban J connectivity index is 1.48. The molecule has 24 heavy (non-hydrogen) atoms. The summed E-state index contributed by atoms with van der Waals surface area (Å²) >= 11 is 0. The van der Waals surface area contributed by atoms with E-state index in [1.165, 1.54) is 0 Å². The van der Waals surface area contributed by atoms with Crippen molar-refractivity contribution in [1.82, 2.24) is 24.6 Å². The highest BCUT2D eigenvalue weighted by Gasteiger charge is 2.27. The van der Waals surface area contributed by atoms with E-state index < -0.39 is 0 Å². The summed E-state index contributed by atoms with van der Waals surface area (Å²) in [5.74, 6) is 1.38. The van der Waals surface area contributed by atoms with Crippen molar-refractivity contribution in [2.75, 3.05) is 13.1 Å². The molecule has 3 aromatic rings. The van der Waals surface area contributed by atoms with E-state index in [9.17, 15) is 4.79 Å². The number of benzene rings is 1. The van der Waals surface area contributed by atoms with Crippen LogP contribution in [0.2, 0.25) is 0 Å². The summed E-state index contributed by atoms with van der Waals surface area (Å²) in [6, 6.07) is 11.6. The molecule has 1 aliphatic rings. The first-order chi connectivity index (χ1) is 11.7. The molecule has 0 N–H and O–H groups in total. The van der Waals surface area contributed by atoms with Gasteiger partial charge in [-0.3, -0.25) is 4.79 Å². The number of aromatic nitrogens is 4. The van der Waals surface area contributed by atoms with Gasteiger partial charge in [-0.25, -0.2) is 4.98 Å². The lowest BCUT2D eigenvalue weighted by molar-refractivity contribution is 0.0705. The molecule has 0 spiro atoms. The van der Waals surface area contributed by atoms with Crippen LogP contribution in [0.1, 0.15) is 35.1 Å². The molecule has 6 heteroatoms. The fourth-order valence-electron chi connectivity index (χ4n) is 3.35. The monoisotopic (exact) mass is 321 g/mol. The molecule has 0 atom stereocenters. The molecule has 2 aromatic heterocycles. The molecule has 1 aliphatic heterocycles. The Hall–Kier alpha value is -2.76. The number of carbonyl (C=O) groups excluding carboxylic acids is 1. The molecule has 0 aliphatic carbocycles. The number of hydrogen-bond donors (Lipinski definition) is 0. The van der Waals surface area contributed by atoms with E-state index in [0.717, 1.165) is 42.7 Å². The van der Waals surface area contributed by atoms with Gasteiger partial charge in [0, 0.05) is 31.4 Å².